The van der Waals surface area contributed by atoms with Crippen LogP contribution in [0.5, 0.6) is 0 Å². The molecule has 0 aromatic carbocycles. The first kappa shape index (κ1) is 23.2. The first-order chi connectivity index (χ1) is 1.73. The van der Waals surface area contributed by atoms with Crippen molar-refractivity contribution in [2.45, 2.75) is 0 Å². The van der Waals surface area contributed by atoms with Crippen molar-refractivity contribution >= 4 is 84.3 Å². The van der Waals surface area contributed by atoms with Crippen LogP contribution in [0.15, 0.2) is 0 Å². The van der Waals surface area contributed by atoms with Crippen molar-refractivity contribution in [3.05, 3.63) is 0 Å². The maximum absolute atomic E-state index is 8.33. The van der Waals surface area contributed by atoms with E-state index < -0.39 is 6.16 Å². The fourth-order valence-corrected chi connectivity index (χ4v) is 0. The van der Waals surface area contributed by atoms with Crippen LogP contribution in [0.2, 0.25) is 0 Å². The zero-order chi connectivity index (χ0) is 3.58. The molecular weight excluding hydrogens is 151 g/mol. The van der Waals surface area contributed by atoms with Gasteiger partial charge in [0.2, 0.25) is 0 Å². The van der Waals surface area contributed by atoms with E-state index in [1.807, 2.05) is 0 Å². The minimum atomic E-state index is -2.33. The molecule has 3 nitrogen and oxygen atoms in total. The predicted octanol–water partition coefficient (Wildman–Crippen LogP) is -3.59. The molecule has 0 saturated heterocycles. The van der Waals surface area contributed by atoms with E-state index in [9.17, 15) is 0 Å². The second-order valence-corrected chi connectivity index (χ2v) is 0.250. The Labute approximate surface area is 97.7 Å². The smallest absolute Gasteiger partial charge is 0.652 e. The fraction of sp³-hybridized carbons (Fsp3) is 0. The van der Waals surface area contributed by atoms with Gasteiger partial charge in [0.15, 0.2) is 0 Å². The second-order valence-electron chi connectivity index (χ2n) is 0.250. The summed E-state index contributed by atoms with van der Waals surface area (Å²) in [4.78, 5) is 8.33. The molecule has 0 aromatic rings. The molecule has 0 N–H and O–H groups in total. The molecule has 24 valence electrons. The maximum Gasteiger partial charge on any atom is 3.00 e. The van der Waals surface area contributed by atoms with Gasteiger partial charge in [-0.2, -0.15) is 0 Å². The Morgan fingerprint density at radius 3 is 1.29 bits per heavy atom. The molecule has 0 amide bonds. The fourth-order valence-electron chi connectivity index (χ4n) is 0. The molecule has 0 spiro atoms. The SMILES string of the molecule is O=C([O-])[O-].[Al+3].[Ca+2].[Mg+2]. The van der Waals surface area contributed by atoms with Gasteiger partial charge < -0.3 is 15.0 Å². The van der Waals surface area contributed by atoms with Crippen LogP contribution in [0.3, 0.4) is 0 Å². The summed E-state index contributed by atoms with van der Waals surface area (Å²) in [5.41, 5.74) is 0. The van der Waals surface area contributed by atoms with Crippen LogP contribution in [0, 0.1) is 0 Å². The van der Waals surface area contributed by atoms with Crippen molar-refractivity contribution in [1.82, 2.24) is 0 Å². The van der Waals surface area contributed by atoms with Crippen LogP contribution in [0.25, 0.3) is 0 Å². The third kappa shape index (κ3) is 79.5. The van der Waals surface area contributed by atoms with E-state index in [0.717, 1.165) is 0 Å². The summed E-state index contributed by atoms with van der Waals surface area (Å²) in [5, 5.41) is 16.7. The van der Waals surface area contributed by atoms with Crippen LogP contribution in [0.1, 0.15) is 0 Å². The van der Waals surface area contributed by atoms with Crippen molar-refractivity contribution in [3.8, 4) is 0 Å². The summed E-state index contributed by atoms with van der Waals surface area (Å²) >= 11 is 0. The van der Waals surface area contributed by atoms with Crippen molar-refractivity contribution in [2.75, 3.05) is 0 Å². The topological polar surface area (TPSA) is 63.2 Å². The number of carbonyl (C=O) groups is 1. The first-order valence-corrected chi connectivity index (χ1v) is 0.612. The quantitative estimate of drug-likeness (QED) is 0.336. The van der Waals surface area contributed by atoms with E-state index in [-0.39, 0.29) is 78.2 Å². The number of rotatable bonds is 0. The molecule has 0 rings (SSSR count). The number of carbonyl (C=O) groups excluding carboxylic acids is 1. The molecule has 0 saturated carbocycles. The third-order valence-electron chi connectivity index (χ3n) is 0. The Kier molecular flexibility index (Phi) is 51.9. The minimum absolute atomic E-state index is 0. The molecule has 0 fully saturated rings. The molecular formula is CAlCaMgO3+5. The normalized spacial score (nSPS) is 3.43. The molecule has 7 heavy (non-hydrogen) atoms. The van der Waals surface area contributed by atoms with Gasteiger partial charge in [0, 0.05) is 0 Å². The summed E-state index contributed by atoms with van der Waals surface area (Å²) in [6, 6.07) is 0. The Morgan fingerprint density at radius 2 is 1.29 bits per heavy atom. The van der Waals surface area contributed by atoms with E-state index in [1.54, 1.807) is 0 Å². The van der Waals surface area contributed by atoms with Crippen LogP contribution in [0.4, 0.5) is 4.79 Å². The summed E-state index contributed by atoms with van der Waals surface area (Å²) in [5.74, 6) is 0. The predicted molar refractivity (Wildman–Crippen MR) is 22.7 cm³/mol. The summed E-state index contributed by atoms with van der Waals surface area (Å²) in [7, 11) is 0. The van der Waals surface area contributed by atoms with Crippen molar-refractivity contribution in [3.63, 3.8) is 0 Å². The molecule has 0 bridgehead atoms. The number of carboxylic acid groups (broad SMARTS) is 2. The van der Waals surface area contributed by atoms with Crippen molar-refractivity contribution in [2.24, 2.45) is 0 Å². The first-order valence-electron chi connectivity index (χ1n) is 0.612. The van der Waals surface area contributed by atoms with Gasteiger partial charge in [0.1, 0.15) is 0 Å². The van der Waals surface area contributed by atoms with E-state index in [1.165, 1.54) is 0 Å². The third-order valence-corrected chi connectivity index (χ3v) is 0. The maximum atomic E-state index is 8.33. The van der Waals surface area contributed by atoms with Gasteiger partial charge in [-0.15, -0.1) is 0 Å². The van der Waals surface area contributed by atoms with Crippen LogP contribution in [-0.2, 0) is 0 Å². The Morgan fingerprint density at radius 1 is 1.29 bits per heavy atom. The number of hydrogen-bond donors (Lipinski definition) is 0. The van der Waals surface area contributed by atoms with Gasteiger partial charge in [0.25, 0.3) is 0 Å². The van der Waals surface area contributed by atoms with Gasteiger partial charge in [0.05, 0.1) is 0 Å². The van der Waals surface area contributed by atoms with Crippen LogP contribution in [-0.4, -0.2) is 84.3 Å². The molecule has 0 radical (unpaired) electrons. The largest absolute Gasteiger partial charge is 3.00 e. The standard InChI is InChI=1S/CH2O3.Al.Ca.Mg/c2-1(3)4;;;/h(H2,2,3,4);;;/q;+3;2*+2/p-2. The monoisotopic (exact) mass is 151 g/mol. The molecule has 0 atom stereocenters. The molecule has 0 aliphatic carbocycles. The molecule has 0 heterocycles. The van der Waals surface area contributed by atoms with E-state index >= 15 is 0 Å². The van der Waals surface area contributed by atoms with Crippen molar-refractivity contribution < 1.29 is 15.0 Å². The summed E-state index contributed by atoms with van der Waals surface area (Å²) in [6.45, 7) is 0. The average Bonchev–Trinajstić information content (AvgIpc) is 0.811. The van der Waals surface area contributed by atoms with E-state index in [2.05, 4.69) is 0 Å². The van der Waals surface area contributed by atoms with Gasteiger partial charge in [-0.05, 0) is 6.16 Å². The Bertz CT molecular complexity index is 37.9. The van der Waals surface area contributed by atoms with Gasteiger partial charge >= 0.3 is 78.2 Å². The minimum Gasteiger partial charge on any atom is -0.652 e. The molecule has 6 heteroatoms. The summed E-state index contributed by atoms with van der Waals surface area (Å²) < 4.78 is 0. The molecule has 0 unspecified atom stereocenters. The molecule has 0 aromatic heterocycles. The van der Waals surface area contributed by atoms with Gasteiger partial charge in [-0.25, -0.2) is 0 Å². The zero-order valence-corrected chi connectivity index (χ0v) is 8.49. The Balaban J connectivity index is -0.0000000150. The van der Waals surface area contributed by atoms with Crippen molar-refractivity contribution in [1.29, 1.82) is 0 Å². The molecule has 0 aliphatic rings. The Hall–Kier alpha value is 1.83. The average molecular weight is 151 g/mol. The van der Waals surface area contributed by atoms with Gasteiger partial charge in [-0.1, -0.05) is 0 Å². The summed E-state index contributed by atoms with van der Waals surface area (Å²) in [6.07, 6.45) is -2.33. The van der Waals surface area contributed by atoms with E-state index in [0.29, 0.717) is 0 Å². The second kappa shape index (κ2) is 15.7. The van der Waals surface area contributed by atoms with Gasteiger partial charge in [-0.3, -0.25) is 0 Å². The van der Waals surface area contributed by atoms with Crippen LogP contribution < -0.4 is 10.2 Å². The van der Waals surface area contributed by atoms with Crippen LogP contribution >= 0.6 is 0 Å². The zero-order valence-electron chi connectivity index (χ0n) is 3.72. The van der Waals surface area contributed by atoms with E-state index in [4.69, 9.17) is 15.0 Å². The number of hydrogen-bond acceptors (Lipinski definition) is 3. The molecule has 0 aliphatic heterocycles.